The number of hydrogen-bond donors (Lipinski definition) is 1. The van der Waals surface area contributed by atoms with Gasteiger partial charge < -0.3 is 10.1 Å². The van der Waals surface area contributed by atoms with Crippen LogP contribution in [0.1, 0.15) is 43.6 Å². The minimum atomic E-state index is 0.0979. The number of carbonyl (C=O) groups excluding carboxylic acids is 1. The smallest absolute Gasteiger partial charge is 0.159 e. The molecule has 2 unspecified atom stereocenters. The first-order valence-electron chi connectivity index (χ1n) is 7.76. The molecule has 1 heterocycles. The molecule has 0 spiro atoms. The summed E-state index contributed by atoms with van der Waals surface area (Å²) >= 11 is 0. The monoisotopic (exact) mass is 290 g/mol. The van der Waals surface area contributed by atoms with E-state index >= 15 is 0 Å². The van der Waals surface area contributed by atoms with E-state index in [0.717, 1.165) is 36.5 Å². The minimum absolute atomic E-state index is 0.0979. The molecular weight excluding hydrogens is 264 g/mol. The number of nitrogens with one attached hydrogen (secondary N) is 1. The maximum absolute atomic E-state index is 11.6. The maximum Gasteiger partial charge on any atom is 0.159 e. The molecule has 0 bridgehead atoms. The van der Waals surface area contributed by atoms with E-state index in [9.17, 15) is 4.79 Å². The van der Waals surface area contributed by atoms with Crippen molar-refractivity contribution in [3.8, 4) is 5.75 Å². The van der Waals surface area contributed by atoms with Gasteiger partial charge in [0.05, 0.1) is 6.61 Å². The molecule has 0 aliphatic carbocycles. The van der Waals surface area contributed by atoms with Gasteiger partial charge in [-0.15, -0.1) is 0 Å². The highest BCUT2D eigenvalue weighted by atomic mass is 16.5. The molecule has 0 aromatic heterocycles. The molecule has 4 heteroatoms. The molecular formula is C17H26N2O2. The zero-order valence-corrected chi connectivity index (χ0v) is 13.5. The maximum atomic E-state index is 11.6. The highest BCUT2D eigenvalue weighted by molar-refractivity contribution is 5.94. The van der Waals surface area contributed by atoms with Crippen LogP contribution in [0.25, 0.3) is 0 Å². The van der Waals surface area contributed by atoms with Crippen molar-refractivity contribution >= 4 is 5.78 Å². The molecule has 1 aromatic rings. The largest absolute Gasteiger partial charge is 0.494 e. The lowest BCUT2D eigenvalue weighted by Crippen LogP contribution is -2.54. The van der Waals surface area contributed by atoms with Crippen LogP contribution < -0.4 is 10.1 Å². The highest BCUT2D eigenvalue weighted by Gasteiger charge is 2.25. The Hall–Kier alpha value is -1.39. The van der Waals surface area contributed by atoms with Gasteiger partial charge in [0.15, 0.2) is 5.78 Å². The predicted molar refractivity (Wildman–Crippen MR) is 85.0 cm³/mol. The van der Waals surface area contributed by atoms with E-state index in [-0.39, 0.29) is 5.78 Å². The van der Waals surface area contributed by atoms with E-state index in [0.29, 0.717) is 18.7 Å². The van der Waals surface area contributed by atoms with Crippen molar-refractivity contribution in [2.45, 2.75) is 46.3 Å². The summed E-state index contributed by atoms with van der Waals surface area (Å²) in [6.07, 6.45) is 0. The van der Waals surface area contributed by atoms with Crippen LogP contribution >= 0.6 is 0 Å². The van der Waals surface area contributed by atoms with Gasteiger partial charge in [0.2, 0.25) is 0 Å². The second kappa shape index (κ2) is 7.05. The molecule has 1 saturated heterocycles. The molecule has 1 aromatic carbocycles. The molecule has 0 radical (unpaired) electrons. The van der Waals surface area contributed by atoms with Crippen LogP contribution in [0.2, 0.25) is 0 Å². The zero-order chi connectivity index (χ0) is 15.4. The molecule has 0 saturated carbocycles. The Balaban J connectivity index is 2.27. The third kappa shape index (κ3) is 3.83. The van der Waals surface area contributed by atoms with Gasteiger partial charge in [-0.25, -0.2) is 0 Å². The van der Waals surface area contributed by atoms with Crippen molar-refractivity contribution in [2.75, 3.05) is 19.7 Å². The van der Waals surface area contributed by atoms with Gasteiger partial charge in [-0.1, -0.05) is 0 Å². The number of rotatable bonds is 5. The first-order chi connectivity index (χ1) is 10.0. The molecule has 116 valence electrons. The molecule has 1 aliphatic rings. The summed E-state index contributed by atoms with van der Waals surface area (Å²) in [5.74, 6) is 0.987. The van der Waals surface area contributed by atoms with Crippen LogP contribution in [-0.2, 0) is 6.54 Å². The van der Waals surface area contributed by atoms with Crippen molar-refractivity contribution in [3.05, 3.63) is 29.3 Å². The fourth-order valence-corrected chi connectivity index (χ4v) is 2.90. The average molecular weight is 290 g/mol. The predicted octanol–water partition coefficient (Wildman–Crippen LogP) is 2.47. The second-order valence-corrected chi connectivity index (χ2v) is 5.84. The summed E-state index contributed by atoms with van der Waals surface area (Å²) in [6, 6.07) is 6.71. The lowest BCUT2D eigenvalue weighted by molar-refractivity contribution is 0.101. The topological polar surface area (TPSA) is 41.6 Å². The summed E-state index contributed by atoms with van der Waals surface area (Å²) in [6.45, 7) is 11.5. The Kier molecular flexibility index (Phi) is 5.37. The Morgan fingerprint density at radius 3 is 2.57 bits per heavy atom. The van der Waals surface area contributed by atoms with Gasteiger partial charge in [0, 0.05) is 42.8 Å². The quantitative estimate of drug-likeness (QED) is 0.846. The van der Waals surface area contributed by atoms with Gasteiger partial charge in [-0.05, 0) is 45.9 Å². The number of ketones is 1. The molecule has 2 rings (SSSR count). The molecule has 1 aliphatic heterocycles. The molecule has 21 heavy (non-hydrogen) atoms. The first kappa shape index (κ1) is 16.0. The Morgan fingerprint density at radius 2 is 2.00 bits per heavy atom. The van der Waals surface area contributed by atoms with Crippen molar-refractivity contribution in [3.63, 3.8) is 0 Å². The van der Waals surface area contributed by atoms with Crippen LogP contribution in [0, 0.1) is 0 Å². The highest BCUT2D eigenvalue weighted by Crippen LogP contribution is 2.25. The van der Waals surface area contributed by atoms with Crippen molar-refractivity contribution in [2.24, 2.45) is 0 Å². The zero-order valence-electron chi connectivity index (χ0n) is 13.5. The van der Waals surface area contributed by atoms with Crippen molar-refractivity contribution in [1.82, 2.24) is 10.2 Å². The number of ether oxygens (including phenoxy) is 1. The SMILES string of the molecule is CCOc1ccc(C(C)=O)cc1CN1C(C)CNCC1C. The number of Topliss-reactive ketones (excluding diaryl/α,β-unsaturated/α-hetero) is 1. The van der Waals surface area contributed by atoms with Gasteiger partial charge in [-0.3, -0.25) is 9.69 Å². The van der Waals surface area contributed by atoms with E-state index in [1.807, 2.05) is 25.1 Å². The normalized spacial score (nSPS) is 23.0. The average Bonchev–Trinajstić information content (AvgIpc) is 2.44. The van der Waals surface area contributed by atoms with Gasteiger partial charge in [0.1, 0.15) is 5.75 Å². The van der Waals surface area contributed by atoms with E-state index in [4.69, 9.17) is 4.74 Å². The van der Waals surface area contributed by atoms with Crippen LogP contribution in [0.4, 0.5) is 0 Å². The van der Waals surface area contributed by atoms with Crippen LogP contribution in [0.15, 0.2) is 18.2 Å². The Labute approximate surface area is 127 Å². The standard InChI is InChI=1S/C17H26N2O2/c1-5-21-17-7-6-15(14(4)20)8-16(17)11-19-12(2)9-18-10-13(19)3/h6-8,12-13,18H,5,9-11H2,1-4H3. The lowest BCUT2D eigenvalue weighted by atomic mass is 10.0. The van der Waals surface area contributed by atoms with E-state index in [1.165, 1.54) is 0 Å². The molecule has 1 fully saturated rings. The minimum Gasteiger partial charge on any atom is -0.494 e. The van der Waals surface area contributed by atoms with Gasteiger partial charge in [-0.2, -0.15) is 0 Å². The summed E-state index contributed by atoms with van der Waals surface area (Å²) in [7, 11) is 0. The van der Waals surface area contributed by atoms with E-state index in [2.05, 4.69) is 24.1 Å². The first-order valence-corrected chi connectivity index (χ1v) is 7.76. The lowest BCUT2D eigenvalue weighted by Gasteiger charge is -2.39. The number of carbonyl (C=O) groups is 1. The van der Waals surface area contributed by atoms with Crippen LogP contribution in [0.3, 0.4) is 0 Å². The van der Waals surface area contributed by atoms with Crippen LogP contribution in [0.5, 0.6) is 5.75 Å². The number of piperazine rings is 1. The number of hydrogen-bond acceptors (Lipinski definition) is 4. The molecule has 4 nitrogen and oxygen atoms in total. The number of benzene rings is 1. The van der Waals surface area contributed by atoms with Crippen molar-refractivity contribution in [1.29, 1.82) is 0 Å². The number of nitrogens with zero attached hydrogens (tertiary/aromatic N) is 1. The fourth-order valence-electron chi connectivity index (χ4n) is 2.90. The third-order valence-electron chi connectivity index (χ3n) is 4.13. The fraction of sp³-hybridized carbons (Fsp3) is 0.588. The van der Waals surface area contributed by atoms with E-state index < -0.39 is 0 Å². The Bertz CT molecular complexity index is 492. The molecule has 0 amide bonds. The second-order valence-electron chi connectivity index (χ2n) is 5.84. The molecule has 1 N–H and O–H groups in total. The van der Waals surface area contributed by atoms with E-state index in [1.54, 1.807) is 6.92 Å². The van der Waals surface area contributed by atoms with Gasteiger partial charge in [0.25, 0.3) is 0 Å². The summed E-state index contributed by atoms with van der Waals surface area (Å²) < 4.78 is 5.73. The van der Waals surface area contributed by atoms with Crippen molar-refractivity contribution < 1.29 is 9.53 Å². The Morgan fingerprint density at radius 1 is 1.33 bits per heavy atom. The summed E-state index contributed by atoms with van der Waals surface area (Å²) in [5, 5.41) is 3.44. The summed E-state index contributed by atoms with van der Waals surface area (Å²) in [4.78, 5) is 14.1. The van der Waals surface area contributed by atoms with Crippen LogP contribution in [-0.4, -0.2) is 42.5 Å². The molecule has 2 atom stereocenters. The summed E-state index contributed by atoms with van der Waals surface area (Å²) in [5.41, 5.74) is 1.86. The van der Waals surface area contributed by atoms with Gasteiger partial charge >= 0.3 is 0 Å². The third-order valence-corrected chi connectivity index (χ3v) is 4.13.